The monoisotopic (exact) mass is 464 g/mol. The second kappa shape index (κ2) is 9.36. The molecule has 0 radical (unpaired) electrons. The molecule has 174 valence electrons. The van der Waals surface area contributed by atoms with Crippen LogP contribution in [0.4, 0.5) is 19.0 Å². The molecule has 3 aromatic rings. The first-order chi connectivity index (χ1) is 15.8. The van der Waals surface area contributed by atoms with E-state index in [1.165, 1.54) is 29.0 Å². The topological polar surface area (TPSA) is 101 Å². The van der Waals surface area contributed by atoms with Crippen LogP contribution < -0.4 is 19.5 Å². The maximum absolute atomic E-state index is 12.6. The number of hydrogen-bond acceptors (Lipinski definition) is 7. The van der Waals surface area contributed by atoms with E-state index in [1.54, 1.807) is 0 Å². The number of ether oxygens (including phenoxy) is 3. The summed E-state index contributed by atoms with van der Waals surface area (Å²) in [6.45, 7) is 1.03. The Balaban J connectivity index is 1.45. The molecule has 12 heteroatoms. The minimum atomic E-state index is -4.82. The Hall–Kier alpha value is -3.80. The third kappa shape index (κ3) is 5.92. The van der Waals surface area contributed by atoms with Gasteiger partial charge in [-0.1, -0.05) is 36.4 Å². The van der Waals surface area contributed by atoms with Gasteiger partial charge < -0.3 is 29.6 Å². The van der Waals surface area contributed by atoms with Crippen LogP contribution in [0.5, 0.6) is 17.5 Å². The van der Waals surface area contributed by atoms with Crippen LogP contribution in [0.25, 0.3) is 0 Å². The van der Waals surface area contributed by atoms with E-state index in [1.807, 2.05) is 30.3 Å². The number of nitro groups is 1. The summed E-state index contributed by atoms with van der Waals surface area (Å²) in [4.78, 5) is 14.1. The van der Waals surface area contributed by atoms with Crippen LogP contribution in [0.3, 0.4) is 0 Å². The summed E-state index contributed by atoms with van der Waals surface area (Å²) in [7, 11) is 0. The van der Waals surface area contributed by atoms with Gasteiger partial charge in [-0.15, -0.1) is 13.2 Å². The summed E-state index contributed by atoms with van der Waals surface area (Å²) >= 11 is 0. The Morgan fingerprint density at radius 3 is 2.76 bits per heavy atom. The average molecular weight is 464 g/mol. The first-order valence-electron chi connectivity index (χ1n) is 9.90. The average Bonchev–Trinajstić information content (AvgIpc) is 3.20. The molecule has 0 saturated carbocycles. The summed E-state index contributed by atoms with van der Waals surface area (Å²) in [5.74, 6) is -0.447. The molecule has 1 aliphatic rings. The van der Waals surface area contributed by atoms with Gasteiger partial charge in [0, 0.05) is 29.7 Å². The minimum Gasteiger partial charge on any atom is -0.488 e. The first-order valence-corrected chi connectivity index (χ1v) is 9.90. The second-order valence-electron chi connectivity index (χ2n) is 7.27. The molecule has 33 heavy (non-hydrogen) atoms. The number of aromatic nitrogens is 2. The Kier molecular flexibility index (Phi) is 6.36. The summed E-state index contributed by atoms with van der Waals surface area (Å²) in [5.41, 5.74) is 1.47. The third-order valence-corrected chi connectivity index (χ3v) is 4.84. The fourth-order valence-corrected chi connectivity index (χ4v) is 3.31. The van der Waals surface area contributed by atoms with Crippen molar-refractivity contribution in [2.24, 2.45) is 0 Å². The highest BCUT2D eigenvalue weighted by atomic mass is 19.4. The summed E-state index contributed by atoms with van der Waals surface area (Å²) < 4.78 is 54.8. The molecule has 0 fully saturated rings. The lowest BCUT2D eigenvalue weighted by Gasteiger charge is -2.24. The van der Waals surface area contributed by atoms with Crippen LogP contribution in [-0.4, -0.2) is 33.5 Å². The maximum atomic E-state index is 12.6. The van der Waals surface area contributed by atoms with Crippen LogP contribution in [0, 0.1) is 10.1 Å². The molecular weight excluding hydrogens is 445 g/mol. The van der Waals surface area contributed by atoms with Crippen molar-refractivity contribution in [1.29, 1.82) is 0 Å². The van der Waals surface area contributed by atoms with Crippen LogP contribution >= 0.6 is 0 Å². The third-order valence-electron chi connectivity index (χ3n) is 4.84. The molecule has 1 atom stereocenters. The number of imidazole rings is 1. The number of fused-ring (bicyclic) bond motifs is 1. The molecular formula is C21H19F3N4O5. The van der Waals surface area contributed by atoms with Gasteiger partial charge in [-0.25, -0.2) is 0 Å². The fourth-order valence-electron chi connectivity index (χ4n) is 3.31. The van der Waals surface area contributed by atoms with Crippen LogP contribution in [0.2, 0.25) is 0 Å². The zero-order chi connectivity index (χ0) is 23.4. The summed E-state index contributed by atoms with van der Waals surface area (Å²) in [5, 5.41) is 14.1. The Bertz CT molecular complexity index is 1120. The number of alkyl halides is 3. The van der Waals surface area contributed by atoms with E-state index in [4.69, 9.17) is 9.47 Å². The van der Waals surface area contributed by atoms with Gasteiger partial charge >= 0.3 is 18.2 Å². The van der Waals surface area contributed by atoms with Crippen molar-refractivity contribution in [2.75, 3.05) is 6.61 Å². The van der Waals surface area contributed by atoms with Gasteiger partial charge in [-0.05, 0) is 16.6 Å². The van der Waals surface area contributed by atoms with Gasteiger partial charge in [0.05, 0.1) is 6.04 Å². The van der Waals surface area contributed by atoms with Gasteiger partial charge in [0.2, 0.25) is 0 Å². The summed E-state index contributed by atoms with van der Waals surface area (Å²) in [6, 6.07) is 13.1. The van der Waals surface area contributed by atoms with E-state index < -0.39 is 11.3 Å². The van der Waals surface area contributed by atoms with Crippen LogP contribution in [0.15, 0.2) is 54.7 Å². The zero-order valence-corrected chi connectivity index (χ0v) is 17.1. The van der Waals surface area contributed by atoms with Crippen molar-refractivity contribution in [2.45, 2.75) is 32.1 Å². The van der Waals surface area contributed by atoms with Gasteiger partial charge in [-0.2, -0.15) is 0 Å². The Morgan fingerprint density at radius 1 is 1.24 bits per heavy atom. The molecule has 9 nitrogen and oxygen atoms in total. The predicted octanol–water partition coefficient (Wildman–Crippen LogP) is 3.82. The number of nitrogens with zero attached hydrogens (tertiary/aromatic N) is 3. The van der Waals surface area contributed by atoms with E-state index in [2.05, 4.69) is 15.0 Å². The quantitative estimate of drug-likeness (QED) is 0.400. The van der Waals surface area contributed by atoms with Crippen molar-refractivity contribution >= 4 is 5.82 Å². The van der Waals surface area contributed by atoms with E-state index in [9.17, 15) is 23.3 Å². The molecule has 2 heterocycles. The van der Waals surface area contributed by atoms with E-state index >= 15 is 0 Å². The molecule has 4 rings (SSSR count). The molecule has 1 aliphatic heterocycles. The molecule has 0 spiro atoms. The van der Waals surface area contributed by atoms with Crippen molar-refractivity contribution < 1.29 is 32.3 Å². The van der Waals surface area contributed by atoms with E-state index in [0.29, 0.717) is 12.1 Å². The highest BCUT2D eigenvalue weighted by molar-refractivity contribution is 5.41. The number of benzene rings is 2. The Labute approximate surface area is 185 Å². The van der Waals surface area contributed by atoms with Gasteiger partial charge in [0.15, 0.2) is 0 Å². The predicted molar refractivity (Wildman–Crippen MR) is 109 cm³/mol. The molecule has 0 saturated heterocycles. The lowest BCUT2D eigenvalue weighted by Crippen LogP contribution is -2.41. The molecule has 2 aromatic carbocycles. The van der Waals surface area contributed by atoms with Gasteiger partial charge in [0.25, 0.3) is 0 Å². The van der Waals surface area contributed by atoms with Crippen molar-refractivity contribution in [3.8, 4) is 17.5 Å². The van der Waals surface area contributed by atoms with Crippen molar-refractivity contribution in [3.05, 3.63) is 76.0 Å². The van der Waals surface area contributed by atoms with Crippen LogP contribution in [0.1, 0.15) is 11.1 Å². The lowest BCUT2D eigenvalue weighted by atomic mass is 10.1. The normalized spacial score (nSPS) is 15.4. The van der Waals surface area contributed by atoms with Gasteiger partial charge in [0.1, 0.15) is 30.9 Å². The van der Waals surface area contributed by atoms with E-state index in [-0.39, 0.29) is 49.1 Å². The Morgan fingerprint density at radius 2 is 2.03 bits per heavy atom. The fraction of sp³-hybridized carbons (Fsp3) is 0.286. The van der Waals surface area contributed by atoms with Crippen LogP contribution in [-0.2, 0) is 19.7 Å². The zero-order valence-electron chi connectivity index (χ0n) is 17.1. The standard InChI is InChI=1S/C21H19F3N4O5/c22-21(23,24)33-17-7-6-15(18(8-17)31-12-14-4-2-1-3-5-14)9-25-16-10-27-11-19(28(29)30)26-20(27)32-13-16/h1-8,11,16,25H,9-10,12-13H2/t16-/m0/s1. The first kappa shape index (κ1) is 22.4. The molecule has 0 bridgehead atoms. The van der Waals surface area contributed by atoms with Gasteiger partial charge in [-0.3, -0.25) is 4.57 Å². The number of nitrogens with one attached hydrogen (secondary N) is 1. The highest BCUT2D eigenvalue weighted by Gasteiger charge is 2.31. The molecule has 0 aliphatic carbocycles. The largest absolute Gasteiger partial charge is 0.573 e. The molecule has 1 aromatic heterocycles. The SMILES string of the molecule is O=[N+]([O-])c1cn2c(n1)OC[C@@H](NCc1ccc(OC(F)(F)F)cc1OCc1ccccc1)C2. The summed E-state index contributed by atoms with van der Waals surface area (Å²) in [6.07, 6.45) is -3.53. The number of rotatable bonds is 8. The van der Waals surface area contributed by atoms with Crippen molar-refractivity contribution in [1.82, 2.24) is 14.9 Å². The number of halogens is 3. The maximum Gasteiger partial charge on any atom is 0.573 e. The smallest absolute Gasteiger partial charge is 0.488 e. The second-order valence-corrected chi connectivity index (χ2v) is 7.27. The molecule has 1 N–H and O–H groups in total. The molecule has 0 unspecified atom stereocenters. The van der Waals surface area contributed by atoms with E-state index in [0.717, 1.165) is 5.56 Å². The minimum absolute atomic E-state index is 0.165. The molecule has 0 amide bonds. The number of hydrogen-bond donors (Lipinski definition) is 1. The highest BCUT2D eigenvalue weighted by Crippen LogP contribution is 2.30. The van der Waals surface area contributed by atoms with Crippen molar-refractivity contribution in [3.63, 3.8) is 0 Å². The lowest BCUT2D eigenvalue weighted by molar-refractivity contribution is -0.389.